The van der Waals surface area contributed by atoms with Crippen LogP contribution in [-0.2, 0) is 0 Å². The van der Waals surface area contributed by atoms with E-state index >= 15 is 0 Å². The van der Waals surface area contributed by atoms with Gasteiger partial charge in [0.1, 0.15) is 11.4 Å². The number of nitrogen functional groups attached to an aromatic ring is 1. The van der Waals surface area contributed by atoms with E-state index in [1.165, 1.54) is 0 Å². The lowest BCUT2D eigenvalue weighted by molar-refractivity contribution is 0.821. The lowest BCUT2D eigenvalue weighted by Gasteiger charge is -2.09. The second kappa shape index (κ2) is 4.20. The Kier molecular flexibility index (Phi) is 2.52. The molecular formula is C14H13N5. The number of benzene rings is 2. The Morgan fingerprint density at radius 3 is 2.79 bits per heavy atom. The zero-order valence-electron chi connectivity index (χ0n) is 10.5. The first-order chi connectivity index (χ1) is 9.16. The topological polar surface area (TPSA) is 80.6 Å². The van der Waals surface area contributed by atoms with Gasteiger partial charge in [-0.15, -0.1) is 5.10 Å². The van der Waals surface area contributed by atoms with Gasteiger partial charge in [-0.3, -0.25) is 5.41 Å². The number of aromatic nitrogens is 3. The smallest absolute Gasteiger partial charge is 0.124 e. The van der Waals surface area contributed by atoms with Crippen LogP contribution in [0.4, 0.5) is 0 Å². The highest BCUT2D eigenvalue weighted by Crippen LogP contribution is 2.20. The molecule has 0 aliphatic rings. The van der Waals surface area contributed by atoms with Gasteiger partial charge in [0.2, 0.25) is 0 Å². The normalized spacial score (nSPS) is 10.8. The fraction of sp³-hybridized carbons (Fsp3) is 0.0714. The fourth-order valence-corrected chi connectivity index (χ4v) is 2.09. The van der Waals surface area contributed by atoms with Crippen LogP contribution in [0.15, 0.2) is 42.5 Å². The third kappa shape index (κ3) is 1.85. The molecule has 0 aliphatic carbocycles. The number of nitrogens with two attached hydrogens (primary N) is 1. The highest BCUT2D eigenvalue weighted by molar-refractivity contribution is 5.99. The van der Waals surface area contributed by atoms with Crippen molar-refractivity contribution in [2.45, 2.75) is 6.92 Å². The van der Waals surface area contributed by atoms with Crippen LogP contribution in [0, 0.1) is 12.3 Å². The van der Waals surface area contributed by atoms with Crippen LogP contribution in [-0.4, -0.2) is 20.8 Å². The number of amidine groups is 1. The largest absolute Gasteiger partial charge is 0.384 e. The zero-order chi connectivity index (χ0) is 13.4. The second-order valence-corrected chi connectivity index (χ2v) is 4.42. The van der Waals surface area contributed by atoms with Crippen LogP contribution in [0.5, 0.6) is 0 Å². The van der Waals surface area contributed by atoms with Crippen molar-refractivity contribution < 1.29 is 0 Å². The van der Waals surface area contributed by atoms with Crippen molar-refractivity contribution in [3.63, 3.8) is 0 Å². The van der Waals surface area contributed by atoms with Crippen LogP contribution in [0.2, 0.25) is 0 Å². The predicted molar refractivity (Wildman–Crippen MR) is 74.6 cm³/mol. The quantitative estimate of drug-likeness (QED) is 0.540. The van der Waals surface area contributed by atoms with E-state index in [2.05, 4.69) is 10.3 Å². The molecule has 3 N–H and O–H groups in total. The van der Waals surface area contributed by atoms with Crippen molar-refractivity contribution in [1.82, 2.24) is 15.0 Å². The van der Waals surface area contributed by atoms with Crippen molar-refractivity contribution in [2.24, 2.45) is 5.73 Å². The molecule has 1 aromatic heterocycles. The first-order valence-corrected chi connectivity index (χ1v) is 5.92. The zero-order valence-corrected chi connectivity index (χ0v) is 10.5. The summed E-state index contributed by atoms with van der Waals surface area (Å²) in [6, 6.07) is 13.4. The van der Waals surface area contributed by atoms with Crippen LogP contribution in [0.25, 0.3) is 16.7 Å². The molecule has 5 nitrogen and oxygen atoms in total. The maximum atomic E-state index is 7.67. The molecule has 3 rings (SSSR count). The molecular weight excluding hydrogens is 238 g/mol. The monoisotopic (exact) mass is 251 g/mol. The van der Waals surface area contributed by atoms with Gasteiger partial charge in [0.25, 0.3) is 0 Å². The maximum absolute atomic E-state index is 7.67. The molecule has 0 atom stereocenters. The number of nitrogens with zero attached hydrogens (tertiary/aromatic N) is 3. The van der Waals surface area contributed by atoms with E-state index in [-0.39, 0.29) is 5.84 Å². The molecule has 0 saturated carbocycles. The Hall–Kier alpha value is -2.69. The Morgan fingerprint density at radius 2 is 2.00 bits per heavy atom. The van der Waals surface area contributed by atoms with Crippen LogP contribution < -0.4 is 5.73 Å². The summed E-state index contributed by atoms with van der Waals surface area (Å²) in [6.07, 6.45) is 0. The van der Waals surface area contributed by atoms with E-state index in [1.807, 2.05) is 49.4 Å². The molecule has 0 spiro atoms. The predicted octanol–water partition coefficient (Wildman–Crippen LogP) is 2.01. The van der Waals surface area contributed by atoms with Crippen LogP contribution in [0.1, 0.15) is 11.1 Å². The summed E-state index contributed by atoms with van der Waals surface area (Å²) in [7, 11) is 0. The number of nitrogens with one attached hydrogen (secondary N) is 1. The van der Waals surface area contributed by atoms with Gasteiger partial charge in [0, 0.05) is 5.56 Å². The first kappa shape index (κ1) is 11.4. The molecule has 0 amide bonds. The molecule has 0 saturated heterocycles. The Labute approximate surface area is 110 Å². The standard InChI is InChI=1S/C14H13N5/c1-9-6-7-10(14(15)16)13(8-9)19-12-5-3-2-4-11(12)17-18-19/h2-8H,1H3,(H3,15,16). The van der Waals surface area contributed by atoms with Gasteiger partial charge in [-0.1, -0.05) is 23.4 Å². The van der Waals surface area contributed by atoms with Crippen molar-refractivity contribution in [3.8, 4) is 5.69 Å². The molecule has 1 heterocycles. The third-order valence-corrected chi connectivity index (χ3v) is 3.02. The molecule has 0 aliphatic heterocycles. The number of rotatable bonds is 2. The Morgan fingerprint density at radius 1 is 1.21 bits per heavy atom. The van der Waals surface area contributed by atoms with Gasteiger partial charge >= 0.3 is 0 Å². The molecule has 0 fully saturated rings. The third-order valence-electron chi connectivity index (χ3n) is 3.02. The molecule has 5 heteroatoms. The Bertz CT molecular complexity index is 772. The number of hydrogen-bond acceptors (Lipinski definition) is 3. The summed E-state index contributed by atoms with van der Waals surface area (Å²) in [5.41, 5.74) is 9.87. The molecule has 3 aromatic rings. The van der Waals surface area contributed by atoms with Gasteiger partial charge in [-0.2, -0.15) is 0 Å². The number of fused-ring (bicyclic) bond motifs is 1. The van der Waals surface area contributed by atoms with E-state index < -0.39 is 0 Å². The SMILES string of the molecule is Cc1ccc(C(=N)N)c(-n2nnc3ccccc32)c1. The van der Waals surface area contributed by atoms with Crippen molar-refractivity contribution in [1.29, 1.82) is 5.41 Å². The molecule has 0 unspecified atom stereocenters. The summed E-state index contributed by atoms with van der Waals surface area (Å²) in [4.78, 5) is 0. The van der Waals surface area contributed by atoms with Crippen molar-refractivity contribution in [3.05, 3.63) is 53.6 Å². The van der Waals surface area contributed by atoms with Gasteiger partial charge in [0.05, 0.1) is 11.2 Å². The number of hydrogen-bond donors (Lipinski definition) is 2. The van der Waals surface area contributed by atoms with E-state index in [4.69, 9.17) is 11.1 Å². The number of aryl methyl sites for hydroxylation is 1. The fourth-order valence-electron chi connectivity index (χ4n) is 2.09. The summed E-state index contributed by atoms with van der Waals surface area (Å²) < 4.78 is 1.72. The Balaban J connectivity index is 2.32. The lowest BCUT2D eigenvalue weighted by Crippen LogP contribution is -2.15. The average molecular weight is 251 g/mol. The van der Waals surface area contributed by atoms with Crippen LogP contribution in [0.3, 0.4) is 0 Å². The average Bonchev–Trinajstić information content (AvgIpc) is 2.82. The second-order valence-electron chi connectivity index (χ2n) is 4.42. The molecule has 19 heavy (non-hydrogen) atoms. The highest BCUT2D eigenvalue weighted by atomic mass is 15.4. The molecule has 0 radical (unpaired) electrons. The van der Waals surface area contributed by atoms with Crippen LogP contribution >= 0.6 is 0 Å². The van der Waals surface area contributed by atoms with Gasteiger partial charge in [0.15, 0.2) is 0 Å². The van der Waals surface area contributed by atoms with Crippen molar-refractivity contribution in [2.75, 3.05) is 0 Å². The van der Waals surface area contributed by atoms with Gasteiger partial charge in [-0.25, -0.2) is 4.68 Å². The number of para-hydroxylation sites is 1. The van der Waals surface area contributed by atoms with E-state index in [0.717, 1.165) is 22.3 Å². The lowest BCUT2D eigenvalue weighted by atomic mass is 10.1. The van der Waals surface area contributed by atoms with E-state index in [9.17, 15) is 0 Å². The summed E-state index contributed by atoms with van der Waals surface area (Å²) >= 11 is 0. The molecule has 0 bridgehead atoms. The minimum Gasteiger partial charge on any atom is -0.384 e. The van der Waals surface area contributed by atoms with E-state index in [1.54, 1.807) is 4.68 Å². The summed E-state index contributed by atoms with van der Waals surface area (Å²) in [5.74, 6) is 0.0228. The minimum absolute atomic E-state index is 0.0228. The highest BCUT2D eigenvalue weighted by Gasteiger charge is 2.12. The molecule has 2 aromatic carbocycles. The summed E-state index contributed by atoms with van der Waals surface area (Å²) in [6.45, 7) is 1.99. The van der Waals surface area contributed by atoms with Crippen molar-refractivity contribution >= 4 is 16.9 Å². The molecule has 94 valence electrons. The first-order valence-electron chi connectivity index (χ1n) is 5.92. The maximum Gasteiger partial charge on any atom is 0.124 e. The van der Waals surface area contributed by atoms with E-state index in [0.29, 0.717) is 5.56 Å². The van der Waals surface area contributed by atoms with Gasteiger partial charge in [-0.05, 0) is 36.8 Å². The minimum atomic E-state index is 0.0228. The van der Waals surface area contributed by atoms with Gasteiger partial charge < -0.3 is 5.73 Å². The summed E-state index contributed by atoms with van der Waals surface area (Å²) in [5, 5.41) is 16.0.